The van der Waals surface area contributed by atoms with Gasteiger partial charge in [0.05, 0.1) is 17.6 Å². The molecule has 6 nitrogen and oxygen atoms in total. The fraction of sp³-hybridized carbons (Fsp3) is 0.214. The SMILES string of the molecule is Cn1ncc2c(NC3COc4ccccc43)ncnc21. The molecule has 1 aliphatic heterocycles. The lowest BCUT2D eigenvalue weighted by molar-refractivity contribution is 0.339. The van der Waals surface area contributed by atoms with E-state index in [0.717, 1.165) is 28.2 Å². The molecule has 0 amide bonds. The predicted molar refractivity (Wildman–Crippen MR) is 74.6 cm³/mol. The van der Waals surface area contributed by atoms with Crippen LogP contribution in [0, 0.1) is 0 Å². The smallest absolute Gasteiger partial charge is 0.163 e. The van der Waals surface area contributed by atoms with E-state index in [1.54, 1.807) is 17.2 Å². The lowest BCUT2D eigenvalue weighted by Gasteiger charge is -2.12. The Labute approximate surface area is 115 Å². The lowest BCUT2D eigenvalue weighted by Crippen LogP contribution is -2.13. The van der Waals surface area contributed by atoms with Crippen LogP contribution in [-0.2, 0) is 7.05 Å². The van der Waals surface area contributed by atoms with Gasteiger partial charge in [-0.05, 0) is 6.07 Å². The van der Waals surface area contributed by atoms with Gasteiger partial charge in [0.2, 0.25) is 0 Å². The maximum atomic E-state index is 5.67. The number of aryl methyl sites for hydroxylation is 1. The van der Waals surface area contributed by atoms with E-state index in [9.17, 15) is 0 Å². The molecule has 0 fully saturated rings. The number of anilines is 1. The van der Waals surface area contributed by atoms with Gasteiger partial charge in [0.1, 0.15) is 24.5 Å². The summed E-state index contributed by atoms with van der Waals surface area (Å²) in [5.74, 6) is 1.72. The van der Waals surface area contributed by atoms with Crippen molar-refractivity contribution < 1.29 is 4.74 Å². The fourth-order valence-corrected chi connectivity index (χ4v) is 2.52. The van der Waals surface area contributed by atoms with Crippen LogP contribution in [-0.4, -0.2) is 26.4 Å². The Balaban J connectivity index is 1.72. The highest BCUT2D eigenvalue weighted by atomic mass is 16.5. The molecule has 1 aromatic carbocycles. The summed E-state index contributed by atoms with van der Waals surface area (Å²) in [4.78, 5) is 8.56. The van der Waals surface area contributed by atoms with Crippen LogP contribution in [0.3, 0.4) is 0 Å². The average Bonchev–Trinajstić information content (AvgIpc) is 3.05. The van der Waals surface area contributed by atoms with Gasteiger partial charge in [0, 0.05) is 12.6 Å². The van der Waals surface area contributed by atoms with Crippen molar-refractivity contribution in [2.45, 2.75) is 6.04 Å². The lowest BCUT2D eigenvalue weighted by atomic mass is 10.1. The molecular formula is C14H13N5O. The van der Waals surface area contributed by atoms with Crippen molar-refractivity contribution in [1.82, 2.24) is 19.7 Å². The molecule has 4 rings (SSSR count). The summed E-state index contributed by atoms with van der Waals surface area (Å²) in [5, 5.41) is 8.56. The highest BCUT2D eigenvalue weighted by Crippen LogP contribution is 2.34. The Morgan fingerprint density at radius 3 is 3.15 bits per heavy atom. The second kappa shape index (κ2) is 4.19. The van der Waals surface area contributed by atoms with Gasteiger partial charge < -0.3 is 10.1 Å². The maximum Gasteiger partial charge on any atom is 0.163 e. The third-order valence-corrected chi connectivity index (χ3v) is 3.54. The minimum atomic E-state index is 0.101. The molecule has 2 aromatic heterocycles. The molecule has 0 spiro atoms. The van der Waals surface area contributed by atoms with Crippen LogP contribution >= 0.6 is 0 Å². The van der Waals surface area contributed by atoms with Crippen LogP contribution in [0.25, 0.3) is 11.0 Å². The predicted octanol–water partition coefficient (Wildman–Crippen LogP) is 1.91. The quantitative estimate of drug-likeness (QED) is 0.768. The molecule has 0 saturated carbocycles. The standard InChI is InChI=1S/C14H13N5O/c1-19-14-10(6-17-19)13(15-8-16-14)18-11-7-20-12-5-3-2-4-9(11)12/h2-6,8,11H,7H2,1H3,(H,15,16,18). The zero-order valence-electron chi connectivity index (χ0n) is 10.9. The number of hydrogen-bond donors (Lipinski definition) is 1. The van der Waals surface area contributed by atoms with Crippen LogP contribution < -0.4 is 10.1 Å². The normalized spacial score (nSPS) is 16.9. The Kier molecular flexibility index (Phi) is 2.35. The van der Waals surface area contributed by atoms with Crippen LogP contribution in [0.1, 0.15) is 11.6 Å². The molecule has 0 bridgehead atoms. The van der Waals surface area contributed by atoms with E-state index in [1.807, 2.05) is 25.2 Å². The summed E-state index contributed by atoms with van der Waals surface area (Å²) in [5.41, 5.74) is 1.97. The molecule has 1 unspecified atom stereocenters. The van der Waals surface area contributed by atoms with Crippen molar-refractivity contribution in [3.05, 3.63) is 42.4 Å². The first-order valence-corrected chi connectivity index (χ1v) is 6.44. The summed E-state index contributed by atoms with van der Waals surface area (Å²) < 4.78 is 7.41. The Hall–Kier alpha value is -2.63. The third kappa shape index (κ3) is 1.61. The first-order chi connectivity index (χ1) is 9.83. The number of ether oxygens (including phenoxy) is 1. The summed E-state index contributed by atoms with van der Waals surface area (Å²) in [6.45, 7) is 0.602. The minimum absolute atomic E-state index is 0.101. The van der Waals surface area contributed by atoms with E-state index in [2.05, 4.69) is 26.4 Å². The molecule has 3 heterocycles. The van der Waals surface area contributed by atoms with Crippen molar-refractivity contribution in [1.29, 1.82) is 0 Å². The highest BCUT2D eigenvalue weighted by molar-refractivity contribution is 5.86. The van der Waals surface area contributed by atoms with E-state index in [0.29, 0.717) is 6.61 Å². The van der Waals surface area contributed by atoms with Gasteiger partial charge in [-0.15, -0.1) is 0 Å². The molecule has 3 aromatic rings. The van der Waals surface area contributed by atoms with E-state index in [4.69, 9.17) is 4.74 Å². The van der Waals surface area contributed by atoms with Crippen LogP contribution in [0.2, 0.25) is 0 Å². The molecule has 100 valence electrons. The van der Waals surface area contributed by atoms with E-state index in [-0.39, 0.29) is 6.04 Å². The monoisotopic (exact) mass is 267 g/mol. The van der Waals surface area contributed by atoms with Crippen LogP contribution in [0.15, 0.2) is 36.8 Å². The van der Waals surface area contributed by atoms with Crippen molar-refractivity contribution in [3.8, 4) is 5.75 Å². The molecule has 0 radical (unpaired) electrons. The molecule has 6 heteroatoms. The summed E-state index contributed by atoms with van der Waals surface area (Å²) in [7, 11) is 1.87. The van der Waals surface area contributed by atoms with Gasteiger partial charge in [-0.2, -0.15) is 5.10 Å². The number of fused-ring (bicyclic) bond motifs is 2. The zero-order valence-corrected chi connectivity index (χ0v) is 10.9. The first-order valence-electron chi connectivity index (χ1n) is 6.44. The number of hydrogen-bond acceptors (Lipinski definition) is 5. The zero-order chi connectivity index (χ0) is 13.5. The van der Waals surface area contributed by atoms with E-state index < -0.39 is 0 Å². The molecule has 0 saturated heterocycles. The second-order valence-electron chi connectivity index (χ2n) is 4.77. The Morgan fingerprint density at radius 1 is 1.30 bits per heavy atom. The van der Waals surface area contributed by atoms with Crippen molar-refractivity contribution in [2.24, 2.45) is 7.05 Å². The first kappa shape index (κ1) is 11.2. The van der Waals surface area contributed by atoms with Gasteiger partial charge >= 0.3 is 0 Å². The Bertz CT molecular complexity index is 782. The van der Waals surface area contributed by atoms with Crippen molar-refractivity contribution in [2.75, 3.05) is 11.9 Å². The summed E-state index contributed by atoms with van der Waals surface area (Å²) >= 11 is 0. The number of para-hydroxylation sites is 1. The average molecular weight is 267 g/mol. The van der Waals surface area contributed by atoms with Crippen molar-refractivity contribution in [3.63, 3.8) is 0 Å². The van der Waals surface area contributed by atoms with Gasteiger partial charge in [0.25, 0.3) is 0 Å². The molecular weight excluding hydrogens is 254 g/mol. The summed E-state index contributed by atoms with van der Waals surface area (Å²) in [6.07, 6.45) is 3.33. The number of nitrogens with one attached hydrogen (secondary N) is 1. The topological polar surface area (TPSA) is 64.9 Å². The van der Waals surface area contributed by atoms with Crippen LogP contribution in [0.5, 0.6) is 5.75 Å². The largest absolute Gasteiger partial charge is 0.491 e. The summed E-state index contributed by atoms with van der Waals surface area (Å²) in [6, 6.07) is 8.15. The highest BCUT2D eigenvalue weighted by Gasteiger charge is 2.24. The van der Waals surface area contributed by atoms with Crippen LogP contribution in [0.4, 0.5) is 5.82 Å². The van der Waals surface area contributed by atoms with Crippen molar-refractivity contribution >= 4 is 16.9 Å². The molecule has 1 atom stereocenters. The Morgan fingerprint density at radius 2 is 2.20 bits per heavy atom. The second-order valence-corrected chi connectivity index (χ2v) is 4.77. The minimum Gasteiger partial charge on any atom is -0.491 e. The molecule has 1 aliphatic rings. The fourth-order valence-electron chi connectivity index (χ4n) is 2.52. The molecule has 20 heavy (non-hydrogen) atoms. The number of rotatable bonds is 2. The third-order valence-electron chi connectivity index (χ3n) is 3.54. The number of nitrogens with zero attached hydrogens (tertiary/aromatic N) is 4. The van der Waals surface area contributed by atoms with Gasteiger partial charge in [-0.25, -0.2) is 9.97 Å². The van der Waals surface area contributed by atoms with Gasteiger partial charge in [0.15, 0.2) is 5.65 Å². The number of aromatic nitrogens is 4. The molecule has 0 aliphatic carbocycles. The van der Waals surface area contributed by atoms with Gasteiger partial charge in [-0.3, -0.25) is 4.68 Å². The number of benzene rings is 1. The maximum absolute atomic E-state index is 5.67. The molecule has 1 N–H and O–H groups in total. The van der Waals surface area contributed by atoms with E-state index >= 15 is 0 Å². The van der Waals surface area contributed by atoms with Gasteiger partial charge in [-0.1, -0.05) is 18.2 Å². The van der Waals surface area contributed by atoms with E-state index in [1.165, 1.54) is 0 Å².